The molecule has 3 aromatic carbocycles. The van der Waals surface area contributed by atoms with Gasteiger partial charge in [0.15, 0.2) is 17.2 Å². The second-order valence-corrected chi connectivity index (χ2v) is 7.58. The Bertz CT molecular complexity index is 1290. The van der Waals surface area contributed by atoms with Gasteiger partial charge in [-0.15, -0.1) is 0 Å². The van der Waals surface area contributed by atoms with Crippen LogP contribution in [0.2, 0.25) is 5.02 Å². The molecule has 0 amide bonds. The van der Waals surface area contributed by atoms with Gasteiger partial charge in [-0.1, -0.05) is 41.9 Å². The van der Waals surface area contributed by atoms with E-state index in [1.807, 2.05) is 37.3 Å². The number of rotatable bonds is 8. The van der Waals surface area contributed by atoms with Gasteiger partial charge in [0.25, 0.3) is 5.69 Å². The molecule has 0 aliphatic carbocycles. The third-order valence-corrected chi connectivity index (χ3v) is 5.09. The summed E-state index contributed by atoms with van der Waals surface area (Å²) in [6.45, 7) is 2.55. The third-order valence-electron chi connectivity index (χ3n) is 4.81. The molecule has 9 heteroatoms. The van der Waals surface area contributed by atoms with E-state index in [0.29, 0.717) is 40.9 Å². The first kappa shape index (κ1) is 23.0. The number of carbonyl (C=O) groups is 1. The molecule has 1 heterocycles. The Hall–Kier alpha value is -4.17. The number of nitro benzene ring substituents is 1. The lowest BCUT2D eigenvalue weighted by molar-refractivity contribution is -0.384. The van der Waals surface area contributed by atoms with Crippen LogP contribution in [0.4, 0.5) is 5.69 Å². The van der Waals surface area contributed by atoms with Crippen LogP contribution in [-0.4, -0.2) is 23.4 Å². The molecule has 0 saturated carbocycles. The average molecular weight is 479 g/mol. The van der Waals surface area contributed by atoms with Crippen LogP contribution >= 0.6 is 11.6 Å². The molecule has 0 spiro atoms. The molecule has 0 saturated heterocycles. The zero-order chi connectivity index (χ0) is 24.1. The Morgan fingerprint density at radius 3 is 2.50 bits per heavy atom. The first-order valence-electron chi connectivity index (χ1n) is 10.3. The van der Waals surface area contributed by atoms with E-state index in [2.05, 4.69) is 4.99 Å². The van der Waals surface area contributed by atoms with Crippen LogP contribution in [0, 0.1) is 10.1 Å². The standard InChI is InChI=1S/C25H19ClN2O6/c1-2-32-22-14-17(12-20(26)23(22)33-15-16-6-4-3-5-7-16)13-21-25(29)34-24(27-21)18-8-10-19(11-9-18)28(30)31/h3-14H,2,15H2,1H3/b21-13-. The normalized spacial score (nSPS) is 14.0. The molecule has 172 valence electrons. The highest BCUT2D eigenvalue weighted by atomic mass is 35.5. The first-order valence-corrected chi connectivity index (χ1v) is 10.7. The summed E-state index contributed by atoms with van der Waals surface area (Å²) >= 11 is 6.48. The molecular weight excluding hydrogens is 460 g/mol. The van der Waals surface area contributed by atoms with Crippen LogP contribution in [0.25, 0.3) is 6.08 Å². The monoisotopic (exact) mass is 478 g/mol. The summed E-state index contributed by atoms with van der Waals surface area (Å²) in [5.41, 5.74) is 1.98. The second kappa shape index (κ2) is 10.2. The summed E-state index contributed by atoms with van der Waals surface area (Å²) in [5, 5.41) is 11.1. The van der Waals surface area contributed by atoms with Crippen molar-refractivity contribution in [2.45, 2.75) is 13.5 Å². The van der Waals surface area contributed by atoms with Crippen LogP contribution in [-0.2, 0) is 16.1 Å². The Morgan fingerprint density at radius 1 is 1.09 bits per heavy atom. The number of hydrogen-bond donors (Lipinski definition) is 0. The van der Waals surface area contributed by atoms with Gasteiger partial charge >= 0.3 is 5.97 Å². The molecule has 1 aliphatic rings. The zero-order valence-electron chi connectivity index (χ0n) is 18.1. The molecule has 0 radical (unpaired) electrons. The van der Waals surface area contributed by atoms with E-state index in [0.717, 1.165) is 5.56 Å². The fourth-order valence-corrected chi connectivity index (χ4v) is 3.49. The van der Waals surface area contributed by atoms with Gasteiger partial charge in [-0.25, -0.2) is 9.79 Å². The van der Waals surface area contributed by atoms with Crippen LogP contribution < -0.4 is 9.47 Å². The van der Waals surface area contributed by atoms with Gasteiger partial charge in [0, 0.05) is 17.7 Å². The molecule has 4 rings (SSSR count). The molecule has 0 atom stereocenters. The van der Waals surface area contributed by atoms with Crippen LogP contribution in [0.3, 0.4) is 0 Å². The van der Waals surface area contributed by atoms with E-state index in [9.17, 15) is 14.9 Å². The Morgan fingerprint density at radius 2 is 1.82 bits per heavy atom. The van der Waals surface area contributed by atoms with Gasteiger partial charge < -0.3 is 14.2 Å². The fraction of sp³-hybridized carbons (Fsp3) is 0.120. The summed E-state index contributed by atoms with van der Waals surface area (Å²) < 4.78 is 16.9. The molecule has 0 unspecified atom stereocenters. The predicted octanol–water partition coefficient (Wildman–Crippen LogP) is 5.57. The second-order valence-electron chi connectivity index (χ2n) is 7.18. The van der Waals surface area contributed by atoms with Gasteiger partial charge in [0.05, 0.1) is 16.6 Å². The van der Waals surface area contributed by atoms with E-state index < -0.39 is 10.9 Å². The number of nitrogens with zero attached hydrogens (tertiary/aromatic N) is 2. The van der Waals surface area contributed by atoms with Crippen molar-refractivity contribution in [1.82, 2.24) is 0 Å². The number of benzene rings is 3. The van der Waals surface area contributed by atoms with Gasteiger partial charge in [0.1, 0.15) is 6.61 Å². The van der Waals surface area contributed by atoms with Crippen molar-refractivity contribution < 1.29 is 23.9 Å². The number of carbonyl (C=O) groups excluding carboxylic acids is 1. The van der Waals surface area contributed by atoms with Gasteiger partial charge in [-0.3, -0.25) is 10.1 Å². The lowest BCUT2D eigenvalue weighted by atomic mass is 10.1. The average Bonchev–Trinajstić information content (AvgIpc) is 3.19. The lowest BCUT2D eigenvalue weighted by Crippen LogP contribution is -2.05. The van der Waals surface area contributed by atoms with Gasteiger partial charge in [0.2, 0.25) is 5.90 Å². The number of non-ortho nitro benzene ring substituents is 1. The number of ether oxygens (including phenoxy) is 3. The summed E-state index contributed by atoms with van der Waals surface area (Å²) in [7, 11) is 0. The van der Waals surface area contributed by atoms with Crippen molar-refractivity contribution in [2.24, 2.45) is 4.99 Å². The molecule has 0 fully saturated rings. The van der Waals surface area contributed by atoms with E-state index in [1.165, 1.54) is 30.3 Å². The van der Waals surface area contributed by atoms with Gasteiger partial charge in [-0.05, 0) is 48.4 Å². The summed E-state index contributed by atoms with van der Waals surface area (Å²) in [4.78, 5) is 26.9. The number of halogens is 1. The number of nitro groups is 1. The molecule has 0 bridgehead atoms. The molecule has 3 aromatic rings. The smallest absolute Gasteiger partial charge is 0.363 e. The minimum atomic E-state index is -0.646. The van der Waals surface area contributed by atoms with Crippen molar-refractivity contribution in [2.75, 3.05) is 6.61 Å². The molecular formula is C25H19ClN2O6. The summed E-state index contributed by atoms with van der Waals surface area (Å²) in [5.74, 6) is 0.249. The van der Waals surface area contributed by atoms with Crippen LogP contribution in [0.5, 0.6) is 11.5 Å². The SMILES string of the molecule is CCOc1cc(/C=C2\N=C(c3ccc([N+](=O)[O-])cc3)OC2=O)cc(Cl)c1OCc1ccccc1. The van der Waals surface area contributed by atoms with Crippen molar-refractivity contribution >= 4 is 35.2 Å². The molecule has 0 N–H and O–H groups in total. The maximum absolute atomic E-state index is 12.4. The fourth-order valence-electron chi connectivity index (χ4n) is 3.22. The largest absolute Gasteiger partial charge is 0.490 e. The number of aliphatic imine (C=N–C) groups is 1. The minimum absolute atomic E-state index is 0.0600. The minimum Gasteiger partial charge on any atom is -0.490 e. The molecule has 34 heavy (non-hydrogen) atoms. The number of hydrogen-bond acceptors (Lipinski definition) is 7. The van der Waals surface area contributed by atoms with Crippen molar-refractivity contribution in [3.05, 3.63) is 104 Å². The van der Waals surface area contributed by atoms with E-state index >= 15 is 0 Å². The Balaban J connectivity index is 1.60. The highest BCUT2D eigenvalue weighted by Gasteiger charge is 2.25. The lowest BCUT2D eigenvalue weighted by Gasteiger charge is -2.14. The first-order chi connectivity index (χ1) is 16.4. The highest BCUT2D eigenvalue weighted by Crippen LogP contribution is 2.38. The summed E-state index contributed by atoms with van der Waals surface area (Å²) in [6.07, 6.45) is 1.52. The quantitative estimate of drug-likeness (QED) is 0.181. The van der Waals surface area contributed by atoms with Crippen molar-refractivity contribution in [3.8, 4) is 11.5 Å². The number of cyclic esters (lactones) is 1. The Labute approximate surface area is 200 Å². The number of esters is 1. The maximum atomic E-state index is 12.4. The highest BCUT2D eigenvalue weighted by molar-refractivity contribution is 6.32. The summed E-state index contributed by atoms with van der Waals surface area (Å²) in [6, 6.07) is 18.6. The third kappa shape index (κ3) is 5.24. The van der Waals surface area contributed by atoms with E-state index in [4.69, 9.17) is 25.8 Å². The molecule has 1 aliphatic heterocycles. The van der Waals surface area contributed by atoms with Crippen molar-refractivity contribution in [1.29, 1.82) is 0 Å². The maximum Gasteiger partial charge on any atom is 0.363 e. The Kier molecular flexibility index (Phi) is 6.89. The molecule has 0 aromatic heterocycles. The topological polar surface area (TPSA) is 100 Å². The van der Waals surface area contributed by atoms with Gasteiger partial charge in [-0.2, -0.15) is 0 Å². The van der Waals surface area contributed by atoms with E-state index in [1.54, 1.807) is 12.1 Å². The zero-order valence-corrected chi connectivity index (χ0v) is 18.8. The van der Waals surface area contributed by atoms with E-state index in [-0.39, 0.29) is 17.3 Å². The molecule has 8 nitrogen and oxygen atoms in total. The van der Waals surface area contributed by atoms with Crippen molar-refractivity contribution in [3.63, 3.8) is 0 Å². The van der Waals surface area contributed by atoms with Crippen LogP contribution in [0.1, 0.15) is 23.6 Å². The predicted molar refractivity (Wildman–Crippen MR) is 127 cm³/mol. The van der Waals surface area contributed by atoms with Crippen LogP contribution in [0.15, 0.2) is 77.4 Å².